The van der Waals surface area contributed by atoms with E-state index in [-0.39, 0.29) is 6.61 Å². The Morgan fingerprint density at radius 1 is 0.800 bits per heavy atom. The quantitative estimate of drug-likeness (QED) is 0.787. The van der Waals surface area contributed by atoms with Gasteiger partial charge in [0, 0.05) is 35.9 Å². The summed E-state index contributed by atoms with van der Waals surface area (Å²) in [6.45, 7) is 0.0115. The molecular formula is C17H14N2O. The first-order chi connectivity index (χ1) is 9.88. The van der Waals surface area contributed by atoms with Crippen LogP contribution in [0.4, 0.5) is 0 Å². The Hall–Kier alpha value is -2.52. The van der Waals surface area contributed by atoms with Crippen LogP contribution >= 0.6 is 0 Å². The van der Waals surface area contributed by atoms with Crippen LogP contribution in [-0.2, 0) is 6.61 Å². The molecule has 3 heteroatoms. The lowest BCUT2D eigenvalue weighted by Crippen LogP contribution is -1.91. The van der Waals surface area contributed by atoms with E-state index in [2.05, 4.69) is 16.0 Å². The monoisotopic (exact) mass is 262 g/mol. The molecule has 3 rings (SSSR count). The fourth-order valence-corrected chi connectivity index (χ4v) is 2.22. The smallest absolute Gasteiger partial charge is 0.0687 e. The Balaban J connectivity index is 2.13. The second-order valence-electron chi connectivity index (χ2n) is 4.51. The third kappa shape index (κ3) is 2.44. The molecule has 3 nitrogen and oxygen atoms in total. The number of aliphatic hydroxyl groups is 1. The molecule has 0 unspecified atom stereocenters. The van der Waals surface area contributed by atoms with Crippen LogP contribution in [0.3, 0.4) is 0 Å². The minimum Gasteiger partial charge on any atom is -0.392 e. The number of aliphatic hydroxyl groups excluding tert-OH is 1. The van der Waals surface area contributed by atoms with E-state index in [0.717, 1.165) is 27.8 Å². The molecule has 0 aliphatic carbocycles. The predicted molar refractivity (Wildman–Crippen MR) is 78.8 cm³/mol. The van der Waals surface area contributed by atoms with Crippen molar-refractivity contribution in [2.24, 2.45) is 0 Å². The summed E-state index contributed by atoms with van der Waals surface area (Å²) in [5.41, 5.74) is 5.03. The van der Waals surface area contributed by atoms with Gasteiger partial charge in [-0.3, -0.25) is 9.97 Å². The molecule has 0 saturated carbocycles. The molecule has 1 N–H and O–H groups in total. The van der Waals surface area contributed by atoms with E-state index in [9.17, 15) is 5.11 Å². The summed E-state index contributed by atoms with van der Waals surface area (Å²) in [7, 11) is 0. The number of aromatic nitrogens is 2. The molecule has 0 radical (unpaired) electrons. The summed E-state index contributed by atoms with van der Waals surface area (Å²) in [4.78, 5) is 8.29. The lowest BCUT2D eigenvalue weighted by atomic mass is 9.96. The van der Waals surface area contributed by atoms with Gasteiger partial charge < -0.3 is 5.11 Å². The van der Waals surface area contributed by atoms with Gasteiger partial charge in [-0.25, -0.2) is 0 Å². The van der Waals surface area contributed by atoms with Gasteiger partial charge >= 0.3 is 0 Å². The highest BCUT2D eigenvalue weighted by molar-refractivity contribution is 5.74. The molecule has 0 atom stereocenters. The first-order valence-corrected chi connectivity index (χ1v) is 6.43. The zero-order chi connectivity index (χ0) is 13.8. The van der Waals surface area contributed by atoms with Gasteiger partial charge in [0.2, 0.25) is 0 Å². The van der Waals surface area contributed by atoms with Gasteiger partial charge in [0.05, 0.1) is 6.61 Å². The van der Waals surface area contributed by atoms with Crippen molar-refractivity contribution in [3.63, 3.8) is 0 Å². The third-order valence-electron chi connectivity index (χ3n) is 3.25. The maximum atomic E-state index is 9.51. The highest BCUT2D eigenvalue weighted by atomic mass is 16.3. The Labute approximate surface area is 117 Å². The van der Waals surface area contributed by atoms with Gasteiger partial charge in [0.1, 0.15) is 0 Å². The Morgan fingerprint density at radius 3 is 2.10 bits per heavy atom. The Bertz CT molecular complexity index is 697. The summed E-state index contributed by atoms with van der Waals surface area (Å²) in [5, 5.41) is 9.51. The maximum absolute atomic E-state index is 9.51. The van der Waals surface area contributed by atoms with Gasteiger partial charge in [0.25, 0.3) is 0 Å². The van der Waals surface area contributed by atoms with Crippen LogP contribution in [0.1, 0.15) is 5.56 Å². The van der Waals surface area contributed by atoms with Crippen molar-refractivity contribution < 1.29 is 5.11 Å². The normalized spacial score (nSPS) is 10.4. The lowest BCUT2D eigenvalue weighted by Gasteiger charge is -2.10. The Kier molecular flexibility index (Phi) is 3.52. The number of nitrogens with zero attached hydrogens (tertiary/aromatic N) is 2. The maximum Gasteiger partial charge on any atom is 0.0687 e. The minimum absolute atomic E-state index is 0.0115. The van der Waals surface area contributed by atoms with Crippen molar-refractivity contribution in [1.82, 2.24) is 9.97 Å². The van der Waals surface area contributed by atoms with Gasteiger partial charge in [-0.2, -0.15) is 0 Å². The molecule has 0 amide bonds. The molecular weight excluding hydrogens is 248 g/mol. The SMILES string of the molecule is OCc1ccc(-c2cccnc2)cc1-c1cccnc1. The molecule has 0 spiro atoms. The number of hydrogen-bond acceptors (Lipinski definition) is 3. The van der Waals surface area contributed by atoms with Crippen molar-refractivity contribution in [3.05, 3.63) is 72.8 Å². The number of benzene rings is 1. The molecule has 0 fully saturated rings. The van der Waals surface area contributed by atoms with E-state index < -0.39 is 0 Å². The number of hydrogen-bond donors (Lipinski definition) is 1. The molecule has 0 aliphatic heterocycles. The van der Waals surface area contributed by atoms with Crippen LogP contribution in [0, 0.1) is 0 Å². The average molecular weight is 262 g/mol. The van der Waals surface area contributed by atoms with Crippen LogP contribution in [0.15, 0.2) is 67.3 Å². The summed E-state index contributed by atoms with van der Waals surface area (Å²) in [5.74, 6) is 0. The fourth-order valence-electron chi connectivity index (χ4n) is 2.22. The van der Waals surface area contributed by atoms with E-state index in [1.54, 1.807) is 12.4 Å². The van der Waals surface area contributed by atoms with Gasteiger partial charge in [0.15, 0.2) is 0 Å². The van der Waals surface area contributed by atoms with Gasteiger partial charge in [-0.15, -0.1) is 0 Å². The molecule has 0 aliphatic rings. The summed E-state index contributed by atoms with van der Waals surface area (Å²) < 4.78 is 0. The first-order valence-electron chi connectivity index (χ1n) is 6.43. The summed E-state index contributed by atoms with van der Waals surface area (Å²) >= 11 is 0. The summed E-state index contributed by atoms with van der Waals surface area (Å²) in [6, 6.07) is 13.8. The van der Waals surface area contributed by atoms with Gasteiger partial charge in [-0.05, 0) is 34.9 Å². The Morgan fingerprint density at radius 2 is 1.50 bits per heavy atom. The summed E-state index contributed by atoms with van der Waals surface area (Å²) in [6.07, 6.45) is 7.14. The molecule has 1 aromatic carbocycles. The molecule has 0 bridgehead atoms. The van der Waals surface area contributed by atoms with Crippen molar-refractivity contribution in [3.8, 4) is 22.3 Å². The molecule has 20 heavy (non-hydrogen) atoms. The lowest BCUT2D eigenvalue weighted by molar-refractivity contribution is 0.282. The van der Waals surface area contributed by atoms with Crippen molar-refractivity contribution >= 4 is 0 Å². The minimum atomic E-state index is 0.0115. The zero-order valence-electron chi connectivity index (χ0n) is 10.9. The van der Waals surface area contributed by atoms with E-state index in [0.29, 0.717) is 0 Å². The van der Waals surface area contributed by atoms with Crippen LogP contribution in [-0.4, -0.2) is 15.1 Å². The average Bonchev–Trinajstić information content (AvgIpc) is 2.56. The van der Waals surface area contributed by atoms with Crippen molar-refractivity contribution in [1.29, 1.82) is 0 Å². The number of rotatable bonds is 3. The molecule has 98 valence electrons. The second kappa shape index (κ2) is 5.63. The van der Waals surface area contributed by atoms with Gasteiger partial charge in [-0.1, -0.05) is 24.3 Å². The second-order valence-corrected chi connectivity index (χ2v) is 4.51. The fraction of sp³-hybridized carbons (Fsp3) is 0.0588. The van der Waals surface area contributed by atoms with Crippen LogP contribution in [0.25, 0.3) is 22.3 Å². The van der Waals surface area contributed by atoms with E-state index in [4.69, 9.17) is 0 Å². The number of pyridine rings is 2. The molecule has 3 aromatic rings. The molecule has 2 aromatic heterocycles. The first kappa shape index (κ1) is 12.5. The molecule has 0 saturated heterocycles. The third-order valence-corrected chi connectivity index (χ3v) is 3.25. The van der Waals surface area contributed by atoms with E-state index in [1.807, 2.05) is 48.8 Å². The van der Waals surface area contributed by atoms with Crippen molar-refractivity contribution in [2.45, 2.75) is 6.61 Å². The zero-order valence-corrected chi connectivity index (χ0v) is 10.9. The van der Waals surface area contributed by atoms with Crippen LogP contribution in [0.2, 0.25) is 0 Å². The standard InChI is InChI=1S/C17H14N2O/c20-12-16-6-5-13(14-3-1-7-18-10-14)9-17(16)15-4-2-8-19-11-15/h1-11,20H,12H2. The molecule has 2 heterocycles. The largest absolute Gasteiger partial charge is 0.392 e. The topological polar surface area (TPSA) is 46.0 Å². The van der Waals surface area contributed by atoms with E-state index in [1.165, 1.54) is 0 Å². The van der Waals surface area contributed by atoms with Crippen molar-refractivity contribution in [2.75, 3.05) is 0 Å². The highest BCUT2D eigenvalue weighted by Crippen LogP contribution is 2.29. The van der Waals surface area contributed by atoms with Crippen LogP contribution < -0.4 is 0 Å². The highest BCUT2D eigenvalue weighted by Gasteiger charge is 2.07. The predicted octanol–water partition coefficient (Wildman–Crippen LogP) is 3.30. The van der Waals surface area contributed by atoms with E-state index >= 15 is 0 Å². The van der Waals surface area contributed by atoms with Crippen LogP contribution in [0.5, 0.6) is 0 Å².